The van der Waals surface area contributed by atoms with Crippen molar-refractivity contribution in [2.45, 2.75) is 12.1 Å². The lowest BCUT2D eigenvalue weighted by atomic mass is 10.1. The van der Waals surface area contributed by atoms with Crippen LogP contribution in [0, 0.1) is 0 Å². The van der Waals surface area contributed by atoms with Gasteiger partial charge in [-0.05, 0) is 17.7 Å². The predicted octanol–water partition coefficient (Wildman–Crippen LogP) is 2.43. The van der Waals surface area contributed by atoms with E-state index in [0.29, 0.717) is 5.56 Å². The molecule has 0 aliphatic carbocycles. The number of esters is 1. The molecule has 2 atom stereocenters. The first-order valence-electron chi connectivity index (χ1n) is 6.74. The second kappa shape index (κ2) is 5.40. The first-order chi connectivity index (χ1) is 10.2. The van der Waals surface area contributed by atoms with E-state index in [1.807, 2.05) is 36.4 Å². The highest BCUT2D eigenvalue weighted by molar-refractivity contribution is 6.01. The summed E-state index contributed by atoms with van der Waals surface area (Å²) in [5.41, 5.74) is 1.52. The summed E-state index contributed by atoms with van der Waals surface area (Å²) in [6.45, 7) is 0. The van der Waals surface area contributed by atoms with Gasteiger partial charge in [-0.2, -0.15) is 0 Å². The van der Waals surface area contributed by atoms with E-state index in [9.17, 15) is 9.59 Å². The summed E-state index contributed by atoms with van der Waals surface area (Å²) >= 11 is 0. The number of nitrogens with zero attached hydrogens (tertiary/aromatic N) is 1. The molecule has 106 valence electrons. The molecule has 0 spiro atoms. The first kappa shape index (κ1) is 13.4. The van der Waals surface area contributed by atoms with Crippen molar-refractivity contribution in [2.75, 3.05) is 7.11 Å². The summed E-state index contributed by atoms with van der Waals surface area (Å²) in [4.78, 5) is 26.0. The molecule has 2 aromatic carbocycles. The molecule has 1 saturated heterocycles. The van der Waals surface area contributed by atoms with Crippen molar-refractivity contribution in [3.05, 3.63) is 71.8 Å². The second-order valence-corrected chi connectivity index (χ2v) is 4.90. The van der Waals surface area contributed by atoms with Crippen LogP contribution in [0.25, 0.3) is 0 Å². The quantitative estimate of drug-likeness (QED) is 0.641. The number of carbonyl (C=O) groups is 2. The molecule has 4 heteroatoms. The summed E-state index contributed by atoms with van der Waals surface area (Å²) in [6.07, 6.45) is 0. The minimum Gasteiger partial charge on any atom is -0.467 e. The van der Waals surface area contributed by atoms with Crippen molar-refractivity contribution >= 4 is 11.9 Å². The molecule has 2 aromatic rings. The topological polar surface area (TPSA) is 46.4 Å². The van der Waals surface area contributed by atoms with Gasteiger partial charge in [-0.1, -0.05) is 48.5 Å². The van der Waals surface area contributed by atoms with Crippen LogP contribution < -0.4 is 0 Å². The van der Waals surface area contributed by atoms with Crippen LogP contribution in [0.3, 0.4) is 0 Å². The maximum atomic E-state index is 12.5. The Kier molecular flexibility index (Phi) is 3.44. The number of benzene rings is 2. The Morgan fingerprint density at radius 2 is 1.52 bits per heavy atom. The van der Waals surface area contributed by atoms with Gasteiger partial charge in [0, 0.05) is 5.56 Å². The largest absolute Gasteiger partial charge is 0.467 e. The van der Waals surface area contributed by atoms with Gasteiger partial charge in [0.15, 0.2) is 6.04 Å². The molecule has 1 aliphatic heterocycles. The number of rotatable bonds is 3. The Balaban J connectivity index is 1.90. The van der Waals surface area contributed by atoms with Crippen LogP contribution in [0.5, 0.6) is 0 Å². The van der Waals surface area contributed by atoms with E-state index in [1.165, 1.54) is 7.11 Å². The van der Waals surface area contributed by atoms with Crippen molar-refractivity contribution < 1.29 is 14.3 Å². The third-order valence-corrected chi connectivity index (χ3v) is 3.65. The van der Waals surface area contributed by atoms with Crippen LogP contribution in [-0.4, -0.2) is 29.9 Å². The zero-order valence-corrected chi connectivity index (χ0v) is 11.6. The van der Waals surface area contributed by atoms with Gasteiger partial charge in [-0.15, -0.1) is 0 Å². The Labute approximate surface area is 123 Å². The van der Waals surface area contributed by atoms with Crippen LogP contribution in [0.1, 0.15) is 22.0 Å². The number of ether oxygens (including phenoxy) is 1. The molecule has 21 heavy (non-hydrogen) atoms. The van der Waals surface area contributed by atoms with Crippen molar-refractivity contribution in [1.82, 2.24) is 4.90 Å². The standard InChI is InChI=1S/C17H15NO3/c1-21-17(20)15-14(12-8-4-2-5-9-12)18(15)16(19)13-10-6-3-7-11-13/h2-11,14-15H,1H3. The van der Waals surface area contributed by atoms with E-state index in [0.717, 1.165) is 5.56 Å². The fourth-order valence-corrected chi connectivity index (χ4v) is 2.57. The van der Waals surface area contributed by atoms with E-state index >= 15 is 0 Å². The summed E-state index contributed by atoms with van der Waals surface area (Å²) in [7, 11) is 1.34. The minimum atomic E-state index is -0.537. The molecule has 0 saturated carbocycles. The van der Waals surface area contributed by atoms with Gasteiger partial charge in [0.2, 0.25) is 0 Å². The van der Waals surface area contributed by atoms with Crippen LogP contribution in [0.4, 0.5) is 0 Å². The van der Waals surface area contributed by atoms with Crippen molar-refractivity contribution in [3.8, 4) is 0 Å². The van der Waals surface area contributed by atoms with Crippen LogP contribution >= 0.6 is 0 Å². The van der Waals surface area contributed by atoms with Gasteiger partial charge in [-0.3, -0.25) is 4.79 Å². The van der Waals surface area contributed by atoms with Gasteiger partial charge >= 0.3 is 5.97 Å². The fourth-order valence-electron chi connectivity index (χ4n) is 2.57. The smallest absolute Gasteiger partial charge is 0.331 e. The van der Waals surface area contributed by atoms with E-state index in [4.69, 9.17) is 4.74 Å². The van der Waals surface area contributed by atoms with Gasteiger partial charge in [-0.25, -0.2) is 4.79 Å². The van der Waals surface area contributed by atoms with E-state index in [-0.39, 0.29) is 17.9 Å². The molecule has 2 unspecified atom stereocenters. The minimum absolute atomic E-state index is 0.153. The fraction of sp³-hybridized carbons (Fsp3) is 0.176. The lowest BCUT2D eigenvalue weighted by Crippen LogP contribution is -2.19. The zero-order chi connectivity index (χ0) is 14.8. The summed E-state index contributed by atoms with van der Waals surface area (Å²) in [6, 6.07) is 17.7. The normalized spacial score (nSPS) is 20.0. The number of carbonyl (C=O) groups excluding carboxylic acids is 2. The number of amides is 1. The summed E-state index contributed by atoms with van der Waals surface area (Å²) in [5, 5.41) is 0. The van der Waals surface area contributed by atoms with Gasteiger partial charge < -0.3 is 9.64 Å². The lowest BCUT2D eigenvalue weighted by molar-refractivity contribution is -0.140. The van der Waals surface area contributed by atoms with Crippen molar-refractivity contribution in [3.63, 3.8) is 0 Å². The Hall–Kier alpha value is -2.62. The van der Waals surface area contributed by atoms with E-state index in [1.54, 1.807) is 29.2 Å². The molecule has 1 amide bonds. The molecule has 0 bridgehead atoms. The number of hydrogen-bond donors (Lipinski definition) is 0. The molecule has 1 fully saturated rings. The average molecular weight is 281 g/mol. The molecule has 1 aliphatic rings. The van der Waals surface area contributed by atoms with Crippen molar-refractivity contribution in [1.29, 1.82) is 0 Å². The first-order valence-corrected chi connectivity index (χ1v) is 6.74. The Morgan fingerprint density at radius 1 is 0.952 bits per heavy atom. The average Bonchev–Trinajstić information content (AvgIpc) is 3.30. The maximum absolute atomic E-state index is 12.5. The molecular formula is C17H15NO3. The number of hydrogen-bond acceptors (Lipinski definition) is 3. The molecule has 0 aromatic heterocycles. The highest BCUT2D eigenvalue weighted by atomic mass is 16.5. The van der Waals surface area contributed by atoms with Crippen molar-refractivity contribution in [2.24, 2.45) is 0 Å². The number of methoxy groups -OCH3 is 1. The van der Waals surface area contributed by atoms with Crippen LogP contribution in [0.15, 0.2) is 60.7 Å². The van der Waals surface area contributed by atoms with Crippen LogP contribution in [-0.2, 0) is 9.53 Å². The summed E-state index contributed by atoms with van der Waals surface area (Å²) < 4.78 is 4.81. The third-order valence-electron chi connectivity index (χ3n) is 3.65. The highest BCUT2D eigenvalue weighted by Gasteiger charge is 2.57. The van der Waals surface area contributed by atoms with Crippen LogP contribution in [0.2, 0.25) is 0 Å². The molecule has 0 N–H and O–H groups in total. The Bertz CT molecular complexity index is 654. The van der Waals surface area contributed by atoms with E-state index < -0.39 is 6.04 Å². The highest BCUT2D eigenvalue weighted by Crippen LogP contribution is 2.44. The second-order valence-electron chi connectivity index (χ2n) is 4.90. The molecule has 0 radical (unpaired) electrons. The molecule has 3 rings (SSSR count). The molecular weight excluding hydrogens is 266 g/mol. The van der Waals surface area contributed by atoms with E-state index in [2.05, 4.69) is 0 Å². The lowest BCUT2D eigenvalue weighted by Gasteiger charge is -2.04. The monoisotopic (exact) mass is 281 g/mol. The zero-order valence-electron chi connectivity index (χ0n) is 11.6. The summed E-state index contributed by atoms with van der Waals surface area (Å²) in [5.74, 6) is -0.534. The SMILES string of the molecule is COC(=O)C1C(c2ccccc2)N1C(=O)c1ccccc1. The van der Waals surface area contributed by atoms with Gasteiger partial charge in [0.25, 0.3) is 5.91 Å². The third kappa shape index (κ3) is 2.40. The molecule has 4 nitrogen and oxygen atoms in total. The predicted molar refractivity (Wildman–Crippen MR) is 77.6 cm³/mol. The Morgan fingerprint density at radius 3 is 2.10 bits per heavy atom. The van der Waals surface area contributed by atoms with Gasteiger partial charge in [0.05, 0.1) is 13.2 Å². The molecule has 1 heterocycles. The maximum Gasteiger partial charge on any atom is 0.331 e. The van der Waals surface area contributed by atoms with Gasteiger partial charge in [0.1, 0.15) is 0 Å².